The Balaban J connectivity index is 1.67. The van der Waals surface area contributed by atoms with Gasteiger partial charge in [0.25, 0.3) is 0 Å². The van der Waals surface area contributed by atoms with E-state index in [-0.39, 0.29) is 31.9 Å². The van der Waals surface area contributed by atoms with Crippen molar-refractivity contribution in [3.8, 4) is 28.7 Å². The van der Waals surface area contributed by atoms with Gasteiger partial charge in [-0.2, -0.15) is 0 Å². The number of hydrogen-bond acceptors (Lipinski definition) is 9. The van der Waals surface area contributed by atoms with Crippen LogP contribution in [0.4, 0.5) is 0 Å². The molecule has 3 atom stereocenters. The monoisotopic (exact) mass is 562 g/mol. The van der Waals surface area contributed by atoms with Gasteiger partial charge in [-0.05, 0) is 60.4 Å². The van der Waals surface area contributed by atoms with Crippen LogP contribution in [0, 0.1) is 5.92 Å². The van der Waals surface area contributed by atoms with E-state index in [2.05, 4.69) is 0 Å². The first-order valence-electron chi connectivity index (χ1n) is 13.7. The van der Waals surface area contributed by atoms with E-state index in [1.165, 1.54) is 7.11 Å². The smallest absolute Gasteiger partial charge is 0.344 e. The highest BCUT2D eigenvalue weighted by atomic mass is 16.7. The molecule has 216 valence electrons. The number of rotatable bonds is 11. The Hall–Kier alpha value is -4.40. The standard InChI is InChI=1S/C32H34O9/c1-5-13-38-21-9-10-22-24(15-21)30(23-11-8-20(35-3)16-26(23)39-17-28(33)37-6-2)31(32(34)36-4)29(22)19-7-12-25-27(14-19)41-18-40-25/h7-12,14-16,29-31H,5-6,13,17-18H2,1-4H3/t29-,30+,31+/m1/s1. The van der Waals surface area contributed by atoms with E-state index in [0.717, 1.165) is 23.1 Å². The van der Waals surface area contributed by atoms with Gasteiger partial charge in [0.05, 0.1) is 33.4 Å². The summed E-state index contributed by atoms with van der Waals surface area (Å²) in [7, 11) is 2.94. The molecular formula is C32H34O9. The van der Waals surface area contributed by atoms with E-state index in [9.17, 15) is 9.59 Å². The first kappa shape index (κ1) is 28.1. The van der Waals surface area contributed by atoms with E-state index in [4.69, 9.17) is 33.2 Å². The highest BCUT2D eigenvalue weighted by Gasteiger charge is 2.48. The van der Waals surface area contributed by atoms with E-state index in [1.807, 2.05) is 55.5 Å². The van der Waals surface area contributed by atoms with Crippen LogP contribution < -0.4 is 23.7 Å². The molecule has 5 rings (SSSR count). The van der Waals surface area contributed by atoms with Crippen LogP contribution in [0.2, 0.25) is 0 Å². The minimum Gasteiger partial charge on any atom is -0.497 e. The maximum absolute atomic E-state index is 13.7. The average Bonchev–Trinajstić information content (AvgIpc) is 3.60. The fourth-order valence-electron chi connectivity index (χ4n) is 5.62. The van der Waals surface area contributed by atoms with Gasteiger partial charge in [-0.1, -0.05) is 25.1 Å². The molecule has 1 aliphatic carbocycles. The minimum absolute atomic E-state index is 0.147. The molecule has 0 fully saturated rings. The third kappa shape index (κ3) is 5.62. The van der Waals surface area contributed by atoms with Crippen LogP contribution in [0.25, 0.3) is 0 Å². The molecule has 41 heavy (non-hydrogen) atoms. The molecule has 0 unspecified atom stereocenters. The second-order valence-electron chi connectivity index (χ2n) is 9.75. The van der Waals surface area contributed by atoms with E-state index < -0.39 is 17.8 Å². The van der Waals surface area contributed by atoms with Gasteiger partial charge in [-0.25, -0.2) is 4.79 Å². The topological polar surface area (TPSA) is 98.8 Å². The van der Waals surface area contributed by atoms with Gasteiger partial charge in [0, 0.05) is 23.5 Å². The number of fused-ring (bicyclic) bond motifs is 2. The summed E-state index contributed by atoms with van der Waals surface area (Å²) < 4.78 is 39.1. The van der Waals surface area contributed by atoms with E-state index in [0.29, 0.717) is 40.9 Å². The largest absolute Gasteiger partial charge is 0.497 e. The normalized spacial score (nSPS) is 18.4. The molecule has 0 bridgehead atoms. The molecule has 0 spiro atoms. The van der Waals surface area contributed by atoms with Gasteiger partial charge in [0.1, 0.15) is 17.2 Å². The fraction of sp³-hybridized carbons (Fsp3) is 0.375. The molecule has 9 heteroatoms. The Labute approximate surface area is 239 Å². The van der Waals surface area contributed by atoms with E-state index in [1.54, 1.807) is 20.1 Å². The van der Waals surface area contributed by atoms with Crippen molar-refractivity contribution in [1.29, 1.82) is 0 Å². The molecule has 1 aliphatic heterocycles. The lowest BCUT2D eigenvalue weighted by Crippen LogP contribution is -2.26. The summed E-state index contributed by atoms with van der Waals surface area (Å²) in [6, 6.07) is 17.0. The summed E-state index contributed by atoms with van der Waals surface area (Å²) in [5, 5.41) is 0. The predicted octanol–water partition coefficient (Wildman–Crippen LogP) is 5.22. The molecule has 0 N–H and O–H groups in total. The summed E-state index contributed by atoms with van der Waals surface area (Å²) in [4.78, 5) is 25.9. The Bertz CT molecular complexity index is 1420. The number of carbonyl (C=O) groups excluding carboxylic acids is 2. The second-order valence-corrected chi connectivity index (χ2v) is 9.75. The van der Waals surface area contributed by atoms with Crippen LogP contribution >= 0.6 is 0 Å². The Morgan fingerprint density at radius 2 is 1.61 bits per heavy atom. The van der Waals surface area contributed by atoms with Crippen molar-refractivity contribution in [3.63, 3.8) is 0 Å². The molecule has 3 aromatic carbocycles. The van der Waals surface area contributed by atoms with Crippen LogP contribution in [-0.2, 0) is 19.1 Å². The number of carbonyl (C=O) groups is 2. The average molecular weight is 563 g/mol. The summed E-state index contributed by atoms with van der Waals surface area (Å²) in [6.45, 7) is 4.44. The van der Waals surface area contributed by atoms with Gasteiger partial charge in [0.15, 0.2) is 18.1 Å². The molecule has 0 saturated carbocycles. The summed E-state index contributed by atoms with van der Waals surface area (Å²) >= 11 is 0. The van der Waals surface area contributed by atoms with Gasteiger partial charge in [0.2, 0.25) is 6.79 Å². The number of methoxy groups -OCH3 is 2. The summed E-state index contributed by atoms with van der Waals surface area (Å²) in [6.07, 6.45) is 0.857. The zero-order chi connectivity index (χ0) is 28.9. The van der Waals surface area contributed by atoms with Crippen LogP contribution in [0.1, 0.15) is 54.4 Å². The van der Waals surface area contributed by atoms with Crippen molar-refractivity contribution in [2.45, 2.75) is 32.1 Å². The van der Waals surface area contributed by atoms with Crippen molar-refractivity contribution in [2.24, 2.45) is 5.92 Å². The van der Waals surface area contributed by atoms with Crippen LogP contribution in [0.15, 0.2) is 54.6 Å². The maximum atomic E-state index is 13.7. The first-order valence-corrected chi connectivity index (χ1v) is 13.7. The Kier molecular flexibility index (Phi) is 8.52. The van der Waals surface area contributed by atoms with E-state index >= 15 is 0 Å². The molecule has 1 heterocycles. The Morgan fingerprint density at radius 3 is 2.37 bits per heavy atom. The van der Waals surface area contributed by atoms with Gasteiger partial charge >= 0.3 is 11.9 Å². The fourth-order valence-corrected chi connectivity index (χ4v) is 5.62. The lowest BCUT2D eigenvalue weighted by molar-refractivity contribution is -0.147. The third-order valence-electron chi connectivity index (χ3n) is 7.36. The number of hydrogen-bond donors (Lipinski definition) is 0. The molecule has 0 radical (unpaired) electrons. The summed E-state index contributed by atoms with van der Waals surface area (Å²) in [5.74, 6) is 0.569. The zero-order valence-corrected chi connectivity index (χ0v) is 23.6. The van der Waals surface area contributed by atoms with Crippen molar-refractivity contribution < 1.29 is 42.7 Å². The quantitative estimate of drug-likeness (QED) is 0.291. The SMILES string of the molecule is CCCOc1ccc2c(c1)[C@H](c1ccc(OC)cc1OCC(=O)OCC)[C@@H](C(=O)OC)[C@@H]2c1ccc2c(c1)OCO2. The number of ether oxygens (including phenoxy) is 7. The Morgan fingerprint density at radius 1 is 0.829 bits per heavy atom. The molecular weight excluding hydrogens is 528 g/mol. The van der Waals surface area contributed by atoms with Crippen molar-refractivity contribution in [3.05, 3.63) is 76.9 Å². The van der Waals surface area contributed by atoms with Crippen molar-refractivity contribution in [1.82, 2.24) is 0 Å². The second kappa shape index (κ2) is 12.4. The molecule has 2 aliphatic rings. The summed E-state index contributed by atoms with van der Waals surface area (Å²) in [5.41, 5.74) is 3.46. The lowest BCUT2D eigenvalue weighted by atomic mass is 9.79. The van der Waals surface area contributed by atoms with Crippen LogP contribution in [0.5, 0.6) is 28.7 Å². The predicted molar refractivity (Wildman–Crippen MR) is 149 cm³/mol. The molecule has 0 saturated heterocycles. The molecule has 0 aromatic heterocycles. The van der Waals surface area contributed by atoms with Crippen molar-refractivity contribution >= 4 is 11.9 Å². The minimum atomic E-state index is -0.657. The lowest BCUT2D eigenvalue weighted by Gasteiger charge is -2.26. The van der Waals surface area contributed by atoms with Crippen LogP contribution in [-0.4, -0.2) is 52.8 Å². The third-order valence-corrected chi connectivity index (χ3v) is 7.36. The molecule has 3 aromatic rings. The van der Waals surface area contributed by atoms with Gasteiger partial charge in [-0.3, -0.25) is 4.79 Å². The highest BCUT2D eigenvalue weighted by molar-refractivity contribution is 5.80. The van der Waals surface area contributed by atoms with Crippen LogP contribution in [0.3, 0.4) is 0 Å². The van der Waals surface area contributed by atoms with Crippen molar-refractivity contribution in [2.75, 3.05) is 40.8 Å². The molecule has 9 nitrogen and oxygen atoms in total. The highest BCUT2D eigenvalue weighted by Crippen LogP contribution is 2.56. The maximum Gasteiger partial charge on any atom is 0.344 e. The number of benzene rings is 3. The molecule has 0 amide bonds. The zero-order valence-electron chi connectivity index (χ0n) is 23.6. The van der Waals surface area contributed by atoms with Gasteiger partial charge in [-0.15, -0.1) is 0 Å². The first-order chi connectivity index (χ1) is 20.0. The number of esters is 2. The van der Waals surface area contributed by atoms with Gasteiger partial charge < -0.3 is 33.2 Å².